The van der Waals surface area contributed by atoms with Crippen LogP contribution in [-0.4, -0.2) is 35.8 Å². The lowest BCUT2D eigenvalue weighted by Crippen LogP contribution is -2.59. The molecule has 108 valence electrons. The van der Waals surface area contributed by atoms with Crippen LogP contribution in [0, 0.1) is 11.7 Å². The molecular weight excluding hydrogens is 283 g/mol. The number of nitrogens with zero attached hydrogens (tertiary/aromatic N) is 1. The minimum Gasteiger partial charge on any atom is -0.353 e. The quantitative estimate of drug-likeness (QED) is 0.909. The molecular formula is C14H16ClFN2O2. The summed E-state index contributed by atoms with van der Waals surface area (Å²) >= 11 is 5.92. The first-order valence-corrected chi connectivity index (χ1v) is 6.84. The number of halogens is 2. The summed E-state index contributed by atoms with van der Waals surface area (Å²) in [5.41, 5.74) is -0.172. The van der Waals surface area contributed by atoms with Crippen LogP contribution in [0.5, 0.6) is 0 Å². The van der Waals surface area contributed by atoms with Gasteiger partial charge in [-0.05, 0) is 18.1 Å². The van der Waals surface area contributed by atoms with E-state index in [9.17, 15) is 14.0 Å². The van der Waals surface area contributed by atoms with Crippen LogP contribution in [-0.2, 0) is 4.79 Å². The highest BCUT2D eigenvalue weighted by Crippen LogP contribution is 2.24. The molecule has 2 amide bonds. The van der Waals surface area contributed by atoms with Crippen LogP contribution in [0.1, 0.15) is 24.2 Å². The highest BCUT2D eigenvalue weighted by molar-refractivity contribution is 6.33. The third kappa shape index (κ3) is 2.63. The molecule has 0 saturated carbocycles. The molecule has 6 heteroatoms. The van der Waals surface area contributed by atoms with E-state index in [-0.39, 0.29) is 22.4 Å². The lowest BCUT2D eigenvalue weighted by molar-refractivity contribution is -0.129. The Labute approximate surface area is 121 Å². The molecule has 1 aliphatic heterocycles. The molecule has 1 saturated heterocycles. The van der Waals surface area contributed by atoms with Gasteiger partial charge in [0.2, 0.25) is 5.91 Å². The predicted molar refractivity (Wildman–Crippen MR) is 74.1 cm³/mol. The first kappa shape index (κ1) is 14.8. The summed E-state index contributed by atoms with van der Waals surface area (Å²) in [5.74, 6) is -1.49. The summed E-state index contributed by atoms with van der Waals surface area (Å²) in [6.07, 6.45) is 0. The lowest BCUT2D eigenvalue weighted by Gasteiger charge is -2.37. The monoisotopic (exact) mass is 298 g/mol. The summed E-state index contributed by atoms with van der Waals surface area (Å²) in [5, 5.41) is 2.78. The maximum atomic E-state index is 13.8. The van der Waals surface area contributed by atoms with Crippen LogP contribution in [0.25, 0.3) is 0 Å². The van der Waals surface area contributed by atoms with Gasteiger partial charge in [-0.1, -0.05) is 31.5 Å². The standard InChI is InChI=1S/C14H16ClFN2O2/c1-8(2)12-13(19)17-6-7-18(12)14(20)11-9(15)4-3-5-10(11)16/h3-5,8,12H,6-7H2,1-2H3,(H,17,19). The van der Waals surface area contributed by atoms with Crippen molar-refractivity contribution in [2.45, 2.75) is 19.9 Å². The molecule has 2 rings (SSSR count). The van der Waals surface area contributed by atoms with Crippen LogP contribution in [0.2, 0.25) is 5.02 Å². The van der Waals surface area contributed by atoms with E-state index in [1.165, 1.54) is 23.1 Å². The van der Waals surface area contributed by atoms with Crippen molar-refractivity contribution in [1.82, 2.24) is 10.2 Å². The topological polar surface area (TPSA) is 49.4 Å². The number of hydrogen-bond acceptors (Lipinski definition) is 2. The molecule has 0 aliphatic carbocycles. The molecule has 1 heterocycles. The summed E-state index contributed by atoms with van der Waals surface area (Å²) in [4.78, 5) is 25.8. The van der Waals surface area contributed by atoms with Crippen LogP contribution in [0.4, 0.5) is 4.39 Å². The zero-order valence-electron chi connectivity index (χ0n) is 11.3. The minimum atomic E-state index is -0.670. The molecule has 1 unspecified atom stereocenters. The number of amides is 2. The van der Waals surface area contributed by atoms with E-state index in [0.29, 0.717) is 13.1 Å². The van der Waals surface area contributed by atoms with Crippen LogP contribution < -0.4 is 5.32 Å². The Morgan fingerprint density at radius 1 is 1.50 bits per heavy atom. The molecule has 0 radical (unpaired) electrons. The molecule has 20 heavy (non-hydrogen) atoms. The van der Waals surface area contributed by atoms with Gasteiger partial charge in [0, 0.05) is 13.1 Å². The van der Waals surface area contributed by atoms with Gasteiger partial charge in [0.15, 0.2) is 0 Å². The lowest BCUT2D eigenvalue weighted by atomic mass is 9.98. The molecule has 0 aromatic heterocycles. The zero-order chi connectivity index (χ0) is 14.9. The number of benzene rings is 1. The van der Waals surface area contributed by atoms with Gasteiger partial charge >= 0.3 is 0 Å². The van der Waals surface area contributed by atoms with Crippen molar-refractivity contribution in [3.63, 3.8) is 0 Å². The molecule has 0 bridgehead atoms. The fourth-order valence-electron chi connectivity index (χ4n) is 2.42. The van der Waals surface area contributed by atoms with E-state index in [0.717, 1.165) is 0 Å². The fourth-order valence-corrected chi connectivity index (χ4v) is 2.66. The van der Waals surface area contributed by atoms with Crippen LogP contribution >= 0.6 is 11.6 Å². The Morgan fingerprint density at radius 3 is 2.80 bits per heavy atom. The van der Waals surface area contributed by atoms with Crippen molar-refractivity contribution in [1.29, 1.82) is 0 Å². The molecule has 1 atom stereocenters. The van der Waals surface area contributed by atoms with Gasteiger partial charge in [-0.2, -0.15) is 0 Å². The van der Waals surface area contributed by atoms with Crippen LogP contribution in [0.15, 0.2) is 18.2 Å². The van der Waals surface area contributed by atoms with Crippen molar-refractivity contribution >= 4 is 23.4 Å². The summed E-state index contributed by atoms with van der Waals surface area (Å²) in [7, 11) is 0. The first-order valence-electron chi connectivity index (χ1n) is 6.46. The maximum Gasteiger partial charge on any atom is 0.259 e. The maximum absolute atomic E-state index is 13.8. The fraction of sp³-hybridized carbons (Fsp3) is 0.429. The highest BCUT2D eigenvalue weighted by atomic mass is 35.5. The second-order valence-electron chi connectivity index (χ2n) is 5.08. The van der Waals surface area contributed by atoms with E-state index >= 15 is 0 Å². The highest BCUT2D eigenvalue weighted by Gasteiger charge is 2.36. The third-order valence-corrected chi connectivity index (χ3v) is 3.64. The average Bonchev–Trinajstić information content (AvgIpc) is 2.37. The first-order chi connectivity index (χ1) is 9.43. The van der Waals surface area contributed by atoms with E-state index in [1.807, 2.05) is 13.8 Å². The van der Waals surface area contributed by atoms with Gasteiger partial charge in [0.05, 0.1) is 10.6 Å². The van der Waals surface area contributed by atoms with Gasteiger partial charge in [-0.3, -0.25) is 9.59 Å². The SMILES string of the molecule is CC(C)C1C(=O)NCCN1C(=O)c1c(F)cccc1Cl. The number of hydrogen-bond donors (Lipinski definition) is 1. The Bertz CT molecular complexity index is 528. The second kappa shape index (κ2) is 5.79. The number of carbonyl (C=O) groups excluding carboxylic acids is 2. The van der Waals surface area contributed by atoms with Crippen molar-refractivity contribution in [3.8, 4) is 0 Å². The average molecular weight is 299 g/mol. The molecule has 1 fully saturated rings. The number of piperazine rings is 1. The second-order valence-corrected chi connectivity index (χ2v) is 5.48. The number of carbonyl (C=O) groups is 2. The van der Waals surface area contributed by atoms with Crippen molar-refractivity contribution in [3.05, 3.63) is 34.6 Å². The normalized spacial score (nSPS) is 19.1. The summed E-state index contributed by atoms with van der Waals surface area (Å²) in [6, 6.07) is 3.49. The van der Waals surface area contributed by atoms with Gasteiger partial charge in [0.25, 0.3) is 5.91 Å². The Balaban J connectivity index is 2.38. The van der Waals surface area contributed by atoms with Crippen molar-refractivity contribution < 1.29 is 14.0 Å². The van der Waals surface area contributed by atoms with E-state index in [1.54, 1.807) is 0 Å². The predicted octanol–water partition coefficient (Wildman–Crippen LogP) is 2.08. The summed E-state index contributed by atoms with van der Waals surface area (Å²) < 4.78 is 13.8. The zero-order valence-corrected chi connectivity index (χ0v) is 12.1. The molecule has 4 nitrogen and oxygen atoms in total. The smallest absolute Gasteiger partial charge is 0.259 e. The molecule has 1 aromatic carbocycles. The Morgan fingerprint density at radius 2 is 2.20 bits per heavy atom. The van der Waals surface area contributed by atoms with Gasteiger partial charge < -0.3 is 10.2 Å². The van der Waals surface area contributed by atoms with Gasteiger partial charge in [-0.25, -0.2) is 4.39 Å². The number of nitrogens with one attached hydrogen (secondary N) is 1. The van der Waals surface area contributed by atoms with E-state index in [2.05, 4.69) is 5.32 Å². The Hall–Kier alpha value is -1.62. The largest absolute Gasteiger partial charge is 0.353 e. The van der Waals surface area contributed by atoms with Gasteiger partial charge in [0.1, 0.15) is 11.9 Å². The molecule has 1 N–H and O–H groups in total. The van der Waals surface area contributed by atoms with Crippen molar-refractivity contribution in [2.24, 2.45) is 5.92 Å². The molecule has 1 aromatic rings. The molecule has 1 aliphatic rings. The summed E-state index contributed by atoms with van der Waals surface area (Å²) in [6.45, 7) is 4.40. The van der Waals surface area contributed by atoms with Crippen molar-refractivity contribution in [2.75, 3.05) is 13.1 Å². The Kier molecular flexibility index (Phi) is 4.28. The van der Waals surface area contributed by atoms with Crippen LogP contribution in [0.3, 0.4) is 0 Å². The third-order valence-electron chi connectivity index (χ3n) is 3.33. The van der Waals surface area contributed by atoms with E-state index in [4.69, 9.17) is 11.6 Å². The molecule has 0 spiro atoms. The van der Waals surface area contributed by atoms with Gasteiger partial charge in [-0.15, -0.1) is 0 Å². The minimum absolute atomic E-state index is 0.0588. The van der Waals surface area contributed by atoms with E-state index < -0.39 is 17.8 Å². The number of rotatable bonds is 2.